The SMILES string of the molecule is CC1(C)c2ccccc2-c2ccc(-c3ccc(-c4nc(-n5c6ccccc6c6c7ccn(-c8ccccc8)c7ccc65)nc5ccccc45)cc3)cc21.c1ccc(-n2ccc3c4c5ccccc5n(-c5ccc(-c6ncc7ccccc7n6)cc5)c4ccc32)cc1.c1ccc(-n2ccc3c4c5ccccc5n(-c5ccc(-c6ncc7ccccc7n6)cc5)c4ccc32)cc1. The molecule has 0 spiro atoms. The standard InChI is InChI=1S/C49H34N4.2C34H22N4/c1-49(2)40-17-9-6-14-35(40)36-25-24-33(30-41(36)49)31-20-22-32(23-21-31)47-37-15-7-10-18-42(37)50-48(51-47)53-44-19-11-8-16-38(44)46-39-28-29-52(34-12-4-3-5-13-34)43(39)26-27-45(46)53;2*1-2-9-25(10-3-1)37-21-20-28-30(37)18-19-32-33(28)27-11-5-7-13-31(27)38(32)26-16-14-23(15-17-26)34-35-22-24-8-4-6-12-29(24)36-34/h3-30H,1-2H3;2*1-22H. The zero-order valence-corrected chi connectivity index (χ0v) is 70.4. The Morgan fingerprint density at radius 2 is 0.581 bits per heavy atom. The van der Waals surface area contributed by atoms with E-state index < -0.39 is 0 Å². The van der Waals surface area contributed by atoms with Crippen molar-refractivity contribution in [1.29, 1.82) is 0 Å². The van der Waals surface area contributed by atoms with Crippen molar-refractivity contribution in [3.8, 4) is 90.7 Å². The van der Waals surface area contributed by atoms with Gasteiger partial charge in [0.2, 0.25) is 5.95 Å². The predicted molar refractivity (Wildman–Crippen MR) is 531 cm³/mol. The van der Waals surface area contributed by atoms with Crippen molar-refractivity contribution in [2.24, 2.45) is 0 Å². The van der Waals surface area contributed by atoms with Gasteiger partial charge < -0.3 is 22.8 Å². The van der Waals surface area contributed by atoms with Crippen LogP contribution in [0.25, 0.3) is 222 Å². The zero-order valence-electron chi connectivity index (χ0n) is 70.4. The first-order valence-electron chi connectivity index (χ1n) is 43.8. The number of rotatable bonds is 10. The summed E-state index contributed by atoms with van der Waals surface area (Å²) in [4.78, 5) is 29.4. The number of nitrogens with zero attached hydrogens (tertiary/aromatic N) is 12. The number of hydrogen-bond donors (Lipinski definition) is 0. The van der Waals surface area contributed by atoms with Gasteiger partial charge in [0.15, 0.2) is 11.6 Å². The maximum atomic E-state index is 5.39. The number of para-hydroxylation sites is 9. The van der Waals surface area contributed by atoms with Gasteiger partial charge in [-0.1, -0.05) is 238 Å². The van der Waals surface area contributed by atoms with Gasteiger partial charge in [-0.2, -0.15) is 0 Å². The van der Waals surface area contributed by atoms with Crippen molar-refractivity contribution in [2.75, 3.05) is 0 Å². The summed E-state index contributed by atoms with van der Waals surface area (Å²) in [5, 5.41) is 14.3. The van der Waals surface area contributed by atoms with Crippen molar-refractivity contribution >= 4 is 131 Å². The van der Waals surface area contributed by atoms with Gasteiger partial charge >= 0.3 is 0 Å². The van der Waals surface area contributed by atoms with Crippen LogP contribution < -0.4 is 0 Å². The Bertz CT molecular complexity index is 8630. The quantitative estimate of drug-likeness (QED) is 0.135. The van der Waals surface area contributed by atoms with Gasteiger partial charge in [0.05, 0.1) is 71.9 Å². The second kappa shape index (κ2) is 30.1. The van der Waals surface area contributed by atoms with Gasteiger partial charge in [0, 0.05) is 146 Å². The van der Waals surface area contributed by atoms with Gasteiger partial charge in [0.25, 0.3) is 0 Å². The van der Waals surface area contributed by atoms with Gasteiger partial charge in [-0.15, -0.1) is 0 Å². The molecule has 9 heterocycles. The minimum Gasteiger partial charge on any atom is -0.317 e. The Morgan fingerprint density at radius 1 is 0.225 bits per heavy atom. The molecular weight excluding hydrogens is 1570 g/mol. The van der Waals surface area contributed by atoms with Crippen LogP contribution in [-0.4, -0.2) is 57.3 Å². The first-order chi connectivity index (χ1) is 63.7. The first-order valence-corrected chi connectivity index (χ1v) is 43.8. The molecule has 0 N–H and O–H groups in total. The highest BCUT2D eigenvalue weighted by Crippen LogP contribution is 2.51. The second-order valence-electron chi connectivity index (χ2n) is 33.8. The average molecular weight is 1650 g/mol. The van der Waals surface area contributed by atoms with E-state index in [1.165, 1.54) is 120 Å². The van der Waals surface area contributed by atoms with E-state index in [1.807, 2.05) is 60.9 Å². The van der Waals surface area contributed by atoms with E-state index in [9.17, 15) is 0 Å². The highest BCUT2D eigenvalue weighted by atomic mass is 15.2. The van der Waals surface area contributed by atoms with Crippen LogP contribution in [0.2, 0.25) is 0 Å². The second-order valence-corrected chi connectivity index (χ2v) is 33.8. The molecule has 26 aromatic rings. The first kappa shape index (κ1) is 74.4. The highest BCUT2D eigenvalue weighted by Gasteiger charge is 2.35. The topological polar surface area (TPSA) is 107 Å². The molecule has 27 rings (SSSR count). The van der Waals surface area contributed by atoms with Gasteiger partial charge in [0.1, 0.15) is 0 Å². The van der Waals surface area contributed by atoms with Crippen LogP contribution in [0.4, 0.5) is 0 Å². The Kier molecular flexibility index (Phi) is 17.3. The maximum Gasteiger partial charge on any atom is 0.235 e. The van der Waals surface area contributed by atoms with Crippen LogP contribution in [0.3, 0.4) is 0 Å². The molecule has 1 aliphatic rings. The summed E-state index contributed by atoms with van der Waals surface area (Å²) in [5.41, 5.74) is 30.9. The molecule has 1 aliphatic carbocycles. The lowest BCUT2D eigenvalue weighted by Crippen LogP contribution is -2.14. The van der Waals surface area contributed by atoms with Crippen LogP contribution in [0.15, 0.2) is 437 Å². The molecular formula is C117H78N12. The summed E-state index contributed by atoms with van der Waals surface area (Å²) in [6.07, 6.45) is 10.3. The third-order valence-electron chi connectivity index (χ3n) is 26.2. The lowest BCUT2D eigenvalue weighted by atomic mass is 9.81. The summed E-state index contributed by atoms with van der Waals surface area (Å²) >= 11 is 0. The molecule has 0 saturated heterocycles. The summed E-state index contributed by atoms with van der Waals surface area (Å²) in [7, 11) is 0. The Hall–Kier alpha value is -17.2. The molecule has 0 fully saturated rings. The fraction of sp³-hybridized carbons (Fsp3) is 0.0256. The van der Waals surface area contributed by atoms with Crippen molar-refractivity contribution in [3.05, 3.63) is 449 Å². The summed E-state index contributed by atoms with van der Waals surface area (Å²) in [5.74, 6) is 2.14. The minimum atomic E-state index is -0.0391. The Morgan fingerprint density at radius 3 is 1.06 bits per heavy atom. The van der Waals surface area contributed by atoms with Crippen LogP contribution in [0.1, 0.15) is 25.0 Å². The predicted octanol–water partition coefficient (Wildman–Crippen LogP) is 29.0. The normalized spacial score (nSPS) is 12.3. The van der Waals surface area contributed by atoms with Crippen molar-refractivity contribution < 1.29 is 0 Å². The fourth-order valence-electron chi connectivity index (χ4n) is 20.1. The van der Waals surface area contributed by atoms with E-state index in [0.717, 1.165) is 106 Å². The number of fused-ring (bicyclic) bond motifs is 21. The molecule has 129 heavy (non-hydrogen) atoms. The smallest absolute Gasteiger partial charge is 0.235 e. The molecule has 0 atom stereocenters. The highest BCUT2D eigenvalue weighted by molar-refractivity contribution is 6.24. The maximum absolute atomic E-state index is 5.39. The zero-order chi connectivity index (χ0) is 85.4. The molecule has 0 amide bonds. The molecule has 0 radical (unpaired) electrons. The molecule has 12 nitrogen and oxygen atoms in total. The molecule has 0 aliphatic heterocycles. The number of aromatic nitrogens is 12. The van der Waals surface area contributed by atoms with Crippen LogP contribution in [0.5, 0.6) is 0 Å². The van der Waals surface area contributed by atoms with Crippen molar-refractivity contribution in [3.63, 3.8) is 0 Å². The van der Waals surface area contributed by atoms with Crippen LogP contribution in [0, 0.1) is 0 Å². The molecule has 0 saturated carbocycles. The third-order valence-corrected chi connectivity index (χ3v) is 26.2. The van der Waals surface area contributed by atoms with E-state index in [0.29, 0.717) is 5.95 Å². The average Bonchev–Trinajstić information content (AvgIpc) is 1.57. The molecule has 12 heteroatoms. The van der Waals surface area contributed by atoms with Crippen molar-refractivity contribution in [1.82, 2.24) is 57.3 Å². The fourth-order valence-corrected chi connectivity index (χ4v) is 20.1. The van der Waals surface area contributed by atoms with Gasteiger partial charge in [-0.05, 0) is 215 Å². The van der Waals surface area contributed by atoms with E-state index in [-0.39, 0.29) is 5.41 Å². The monoisotopic (exact) mass is 1650 g/mol. The largest absolute Gasteiger partial charge is 0.317 e. The van der Waals surface area contributed by atoms with Gasteiger partial charge in [-0.3, -0.25) is 4.57 Å². The number of hydrogen-bond acceptors (Lipinski definition) is 6. The molecule has 17 aromatic carbocycles. The Balaban J connectivity index is 0.000000107. The molecule has 0 unspecified atom stereocenters. The Labute approximate surface area is 741 Å². The minimum absolute atomic E-state index is 0.0391. The molecule has 606 valence electrons. The lowest BCUT2D eigenvalue weighted by Gasteiger charge is -2.22. The van der Waals surface area contributed by atoms with E-state index >= 15 is 0 Å². The number of benzene rings is 17. The van der Waals surface area contributed by atoms with Crippen LogP contribution >= 0.6 is 0 Å². The van der Waals surface area contributed by atoms with Crippen LogP contribution in [-0.2, 0) is 5.41 Å². The lowest BCUT2D eigenvalue weighted by molar-refractivity contribution is 0.660. The summed E-state index contributed by atoms with van der Waals surface area (Å²) in [6, 6.07) is 144. The summed E-state index contributed by atoms with van der Waals surface area (Å²) in [6.45, 7) is 4.67. The van der Waals surface area contributed by atoms with Crippen molar-refractivity contribution in [2.45, 2.75) is 19.3 Å². The van der Waals surface area contributed by atoms with E-state index in [4.69, 9.17) is 19.9 Å². The third kappa shape index (κ3) is 12.3. The molecule has 9 aromatic heterocycles. The summed E-state index contributed by atoms with van der Waals surface area (Å²) < 4.78 is 13.7. The van der Waals surface area contributed by atoms with E-state index in [2.05, 4.69) is 428 Å². The van der Waals surface area contributed by atoms with E-state index in [1.54, 1.807) is 0 Å². The molecule has 0 bridgehead atoms. The van der Waals surface area contributed by atoms with Gasteiger partial charge in [-0.25, -0.2) is 29.9 Å².